The van der Waals surface area contributed by atoms with Crippen LogP contribution in [0.15, 0.2) is 29.4 Å². The van der Waals surface area contributed by atoms with Gasteiger partial charge in [-0.05, 0) is 72.6 Å². The predicted molar refractivity (Wildman–Crippen MR) is 96.4 cm³/mol. The highest BCUT2D eigenvalue weighted by molar-refractivity contribution is 7.99. The number of tetrazole rings is 1. The van der Waals surface area contributed by atoms with Gasteiger partial charge < -0.3 is 5.32 Å². The van der Waals surface area contributed by atoms with Crippen molar-refractivity contribution in [3.05, 3.63) is 30.1 Å². The number of nitrogens with one attached hydrogen (secondary N) is 1. The average Bonchev–Trinajstić information content (AvgIpc) is 3.36. The number of fused-ring (bicyclic) bond motifs is 2. The van der Waals surface area contributed by atoms with E-state index in [1.807, 2.05) is 0 Å². The van der Waals surface area contributed by atoms with Gasteiger partial charge in [-0.25, -0.2) is 4.39 Å². The summed E-state index contributed by atoms with van der Waals surface area (Å²) in [4.78, 5) is 12.3. The summed E-state index contributed by atoms with van der Waals surface area (Å²) in [5, 5.41) is 15.1. The first-order valence-corrected chi connectivity index (χ1v) is 10.0. The minimum absolute atomic E-state index is 0.0148. The van der Waals surface area contributed by atoms with E-state index in [2.05, 4.69) is 27.8 Å². The number of amides is 1. The van der Waals surface area contributed by atoms with Gasteiger partial charge in [0.2, 0.25) is 11.1 Å². The molecule has 8 heteroatoms. The smallest absolute Gasteiger partial charge is 0.230 e. The number of carbonyl (C=O) groups is 1. The summed E-state index contributed by atoms with van der Waals surface area (Å²) in [6, 6.07) is 6.26. The van der Waals surface area contributed by atoms with Crippen LogP contribution in [0.5, 0.6) is 0 Å². The number of hydrogen-bond acceptors (Lipinski definition) is 5. The van der Waals surface area contributed by atoms with Gasteiger partial charge in [0.05, 0.1) is 11.4 Å². The maximum atomic E-state index is 13.4. The fourth-order valence-electron chi connectivity index (χ4n) is 4.48. The lowest BCUT2D eigenvalue weighted by Crippen LogP contribution is -2.40. The van der Waals surface area contributed by atoms with E-state index < -0.39 is 0 Å². The van der Waals surface area contributed by atoms with Crippen LogP contribution in [-0.2, 0) is 4.79 Å². The number of benzene rings is 1. The van der Waals surface area contributed by atoms with Crippen LogP contribution in [0.3, 0.4) is 0 Å². The molecule has 2 aliphatic carbocycles. The summed E-state index contributed by atoms with van der Waals surface area (Å²) in [6.45, 7) is 2.12. The van der Waals surface area contributed by atoms with Gasteiger partial charge in [-0.15, -0.1) is 5.10 Å². The third-order valence-electron chi connectivity index (χ3n) is 5.65. The molecule has 138 valence electrons. The molecule has 0 aliphatic heterocycles. The molecule has 2 aliphatic rings. The molecule has 0 saturated heterocycles. The quantitative estimate of drug-likeness (QED) is 0.786. The number of nitrogens with zero attached hydrogens (tertiary/aromatic N) is 4. The third kappa shape index (κ3) is 3.60. The van der Waals surface area contributed by atoms with Crippen molar-refractivity contribution in [1.29, 1.82) is 0 Å². The van der Waals surface area contributed by atoms with Crippen LogP contribution in [0.25, 0.3) is 5.69 Å². The van der Waals surface area contributed by atoms with Crippen LogP contribution in [0, 0.1) is 23.6 Å². The van der Waals surface area contributed by atoms with Crippen LogP contribution < -0.4 is 5.32 Å². The van der Waals surface area contributed by atoms with Crippen molar-refractivity contribution in [3.8, 4) is 5.69 Å². The Bertz CT molecular complexity index is 797. The Morgan fingerprint density at radius 3 is 3.04 bits per heavy atom. The second-order valence-corrected chi connectivity index (χ2v) is 8.28. The van der Waals surface area contributed by atoms with E-state index in [1.165, 1.54) is 54.3 Å². The monoisotopic (exact) mass is 375 g/mol. The Morgan fingerprint density at radius 1 is 1.42 bits per heavy atom. The van der Waals surface area contributed by atoms with Crippen molar-refractivity contribution < 1.29 is 9.18 Å². The van der Waals surface area contributed by atoms with E-state index in [0.29, 0.717) is 16.8 Å². The highest BCUT2D eigenvalue weighted by Crippen LogP contribution is 2.49. The molecule has 4 unspecified atom stereocenters. The van der Waals surface area contributed by atoms with Crippen molar-refractivity contribution in [2.45, 2.75) is 43.8 Å². The number of halogens is 1. The molecule has 2 saturated carbocycles. The Hall–Kier alpha value is -1.96. The number of thioether (sulfide) groups is 1. The van der Waals surface area contributed by atoms with E-state index in [0.717, 1.165) is 11.8 Å². The summed E-state index contributed by atoms with van der Waals surface area (Å²) in [5.41, 5.74) is 0.535. The number of carbonyl (C=O) groups excluding carboxylic acids is 1. The first-order valence-electron chi connectivity index (χ1n) is 9.06. The van der Waals surface area contributed by atoms with Crippen molar-refractivity contribution >= 4 is 17.7 Å². The lowest BCUT2D eigenvalue weighted by atomic mass is 9.84. The lowest BCUT2D eigenvalue weighted by molar-refractivity contribution is -0.119. The van der Waals surface area contributed by atoms with Crippen molar-refractivity contribution in [2.75, 3.05) is 5.75 Å². The molecule has 1 amide bonds. The summed E-state index contributed by atoms with van der Waals surface area (Å²) >= 11 is 1.25. The number of aromatic nitrogens is 4. The third-order valence-corrected chi connectivity index (χ3v) is 6.57. The molecule has 2 bridgehead atoms. The lowest BCUT2D eigenvalue weighted by Gasteiger charge is -2.28. The summed E-state index contributed by atoms with van der Waals surface area (Å²) < 4.78 is 14.9. The molecule has 1 heterocycles. The molecule has 2 fully saturated rings. The van der Waals surface area contributed by atoms with Crippen LogP contribution >= 0.6 is 11.8 Å². The SMILES string of the molecule is CC(NC(=O)CSc1nnnn1-c1cccc(F)c1)C1CC2CCC1C2. The first kappa shape index (κ1) is 17.5. The van der Waals surface area contributed by atoms with Gasteiger partial charge in [0.25, 0.3) is 0 Å². The highest BCUT2D eigenvalue weighted by Gasteiger charge is 2.42. The van der Waals surface area contributed by atoms with E-state index in [4.69, 9.17) is 0 Å². The number of rotatable bonds is 6. The van der Waals surface area contributed by atoms with Gasteiger partial charge >= 0.3 is 0 Å². The largest absolute Gasteiger partial charge is 0.353 e. The Kier molecular flexibility index (Phi) is 4.93. The van der Waals surface area contributed by atoms with Gasteiger partial charge in [-0.1, -0.05) is 24.2 Å². The zero-order chi connectivity index (χ0) is 18.1. The molecule has 1 N–H and O–H groups in total. The molecule has 2 aromatic rings. The summed E-state index contributed by atoms with van der Waals surface area (Å²) in [6.07, 6.45) is 5.26. The van der Waals surface area contributed by atoms with Gasteiger partial charge in [0.15, 0.2) is 0 Å². The second kappa shape index (κ2) is 7.34. The minimum atomic E-state index is -0.355. The molecule has 4 atom stereocenters. The molecule has 1 aromatic carbocycles. The minimum Gasteiger partial charge on any atom is -0.353 e. The molecule has 0 radical (unpaired) electrons. The Morgan fingerprint density at radius 2 is 2.31 bits per heavy atom. The fraction of sp³-hybridized carbons (Fsp3) is 0.556. The normalized spacial score (nSPS) is 25.4. The van der Waals surface area contributed by atoms with Gasteiger partial charge in [-0.2, -0.15) is 4.68 Å². The van der Waals surface area contributed by atoms with Crippen molar-refractivity contribution in [1.82, 2.24) is 25.5 Å². The van der Waals surface area contributed by atoms with E-state index in [9.17, 15) is 9.18 Å². The molecule has 0 spiro atoms. The maximum Gasteiger partial charge on any atom is 0.230 e. The maximum absolute atomic E-state index is 13.4. The number of hydrogen-bond donors (Lipinski definition) is 1. The van der Waals surface area contributed by atoms with Crippen molar-refractivity contribution in [2.24, 2.45) is 17.8 Å². The highest BCUT2D eigenvalue weighted by atomic mass is 32.2. The molecule has 4 rings (SSSR count). The van der Waals surface area contributed by atoms with Crippen molar-refractivity contribution in [3.63, 3.8) is 0 Å². The summed E-state index contributed by atoms with van der Waals surface area (Å²) in [5.74, 6) is 2.13. The van der Waals surface area contributed by atoms with Gasteiger partial charge in [-0.3, -0.25) is 4.79 Å². The summed E-state index contributed by atoms with van der Waals surface area (Å²) in [7, 11) is 0. The van der Waals surface area contributed by atoms with E-state index in [-0.39, 0.29) is 23.5 Å². The van der Waals surface area contributed by atoms with E-state index in [1.54, 1.807) is 12.1 Å². The predicted octanol–water partition coefficient (Wildman–Crippen LogP) is 2.83. The Balaban J connectivity index is 1.33. The standard InChI is InChI=1S/C18H22FN5OS/c1-11(16-8-12-5-6-13(16)7-12)20-17(25)10-26-18-21-22-23-24(18)15-4-2-3-14(19)9-15/h2-4,9,11-13,16H,5-8,10H2,1H3,(H,20,25). The van der Waals surface area contributed by atoms with Crippen LogP contribution in [-0.4, -0.2) is 37.9 Å². The topological polar surface area (TPSA) is 72.7 Å². The average molecular weight is 375 g/mol. The molecule has 6 nitrogen and oxygen atoms in total. The second-order valence-electron chi connectivity index (χ2n) is 7.34. The molecular weight excluding hydrogens is 353 g/mol. The van der Waals surface area contributed by atoms with E-state index >= 15 is 0 Å². The molecular formula is C18H22FN5OS. The van der Waals surface area contributed by atoms with Crippen LogP contribution in [0.2, 0.25) is 0 Å². The van der Waals surface area contributed by atoms with Gasteiger partial charge in [0.1, 0.15) is 5.82 Å². The molecule has 26 heavy (non-hydrogen) atoms. The van der Waals surface area contributed by atoms with Gasteiger partial charge in [0, 0.05) is 6.04 Å². The fourth-order valence-corrected chi connectivity index (χ4v) is 5.18. The zero-order valence-electron chi connectivity index (χ0n) is 14.6. The molecule has 1 aromatic heterocycles. The van der Waals surface area contributed by atoms with Crippen LogP contribution in [0.1, 0.15) is 32.6 Å². The van der Waals surface area contributed by atoms with Crippen LogP contribution in [0.4, 0.5) is 4.39 Å². The Labute approximate surface area is 155 Å². The first-order chi connectivity index (χ1) is 12.6. The zero-order valence-corrected chi connectivity index (χ0v) is 15.5.